The molecule has 0 bridgehead atoms. The van der Waals surface area contributed by atoms with Crippen molar-refractivity contribution in [3.63, 3.8) is 0 Å². The van der Waals surface area contributed by atoms with Gasteiger partial charge in [0.2, 0.25) is 5.95 Å². The molecule has 1 unspecified atom stereocenters. The highest BCUT2D eigenvalue weighted by Gasteiger charge is 2.09. The van der Waals surface area contributed by atoms with Crippen molar-refractivity contribution >= 4 is 23.4 Å². The second-order valence-electron chi connectivity index (χ2n) is 4.59. The molecule has 2 aromatic rings. The largest absolute Gasteiger partial charge is 0.364 e. The average molecular weight is 295 g/mol. The highest BCUT2D eigenvalue weighted by Crippen LogP contribution is 2.20. The van der Waals surface area contributed by atoms with Gasteiger partial charge in [0.25, 0.3) is 0 Å². The minimum Gasteiger partial charge on any atom is -0.364 e. The lowest BCUT2D eigenvalue weighted by molar-refractivity contribution is 0.559. The molecule has 2 N–H and O–H groups in total. The summed E-state index contributed by atoms with van der Waals surface area (Å²) in [5.41, 5.74) is 0. The predicted molar refractivity (Wildman–Crippen MR) is 81.1 cm³/mol. The van der Waals surface area contributed by atoms with Gasteiger partial charge >= 0.3 is 0 Å². The molecule has 0 aromatic carbocycles. The SMILES string of the molecule is CCCNc1ncc(Cl)c(NC(C)Cn2cccn2)n1. The van der Waals surface area contributed by atoms with E-state index in [9.17, 15) is 0 Å². The Kier molecular flexibility index (Phi) is 5.17. The minimum absolute atomic E-state index is 0.154. The zero-order chi connectivity index (χ0) is 14.4. The molecule has 0 spiro atoms. The minimum atomic E-state index is 0.154. The van der Waals surface area contributed by atoms with Crippen LogP contribution in [0.25, 0.3) is 0 Å². The van der Waals surface area contributed by atoms with Gasteiger partial charge in [-0.25, -0.2) is 4.98 Å². The van der Waals surface area contributed by atoms with Crippen LogP contribution >= 0.6 is 11.6 Å². The normalized spacial score (nSPS) is 12.2. The van der Waals surface area contributed by atoms with Crippen molar-refractivity contribution in [2.45, 2.75) is 32.9 Å². The van der Waals surface area contributed by atoms with Gasteiger partial charge in [0.05, 0.1) is 12.7 Å². The lowest BCUT2D eigenvalue weighted by Gasteiger charge is -2.16. The molecule has 0 fully saturated rings. The molecule has 0 radical (unpaired) electrons. The van der Waals surface area contributed by atoms with E-state index in [1.807, 2.05) is 16.9 Å². The monoisotopic (exact) mass is 294 g/mol. The van der Waals surface area contributed by atoms with E-state index < -0.39 is 0 Å². The van der Waals surface area contributed by atoms with E-state index in [2.05, 4.69) is 39.5 Å². The Bertz CT molecular complexity index is 528. The Morgan fingerprint density at radius 3 is 3.00 bits per heavy atom. The predicted octanol–water partition coefficient (Wildman–Crippen LogP) is 2.65. The molecule has 6 nitrogen and oxygen atoms in total. The van der Waals surface area contributed by atoms with Crippen LogP contribution in [0.1, 0.15) is 20.3 Å². The summed E-state index contributed by atoms with van der Waals surface area (Å²) in [7, 11) is 0. The number of nitrogens with zero attached hydrogens (tertiary/aromatic N) is 4. The van der Waals surface area contributed by atoms with Crippen molar-refractivity contribution in [3.05, 3.63) is 29.7 Å². The Morgan fingerprint density at radius 2 is 2.30 bits per heavy atom. The Morgan fingerprint density at radius 1 is 1.45 bits per heavy atom. The van der Waals surface area contributed by atoms with Gasteiger partial charge in [-0.05, 0) is 19.4 Å². The molecule has 108 valence electrons. The van der Waals surface area contributed by atoms with Crippen LogP contribution < -0.4 is 10.6 Å². The van der Waals surface area contributed by atoms with E-state index in [1.165, 1.54) is 0 Å². The van der Waals surface area contributed by atoms with E-state index in [0.717, 1.165) is 19.5 Å². The molecule has 0 saturated carbocycles. The number of hydrogen-bond donors (Lipinski definition) is 2. The molecule has 2 heterocycles. The average Bonchev–Trinajstić information content (AvgIpc) is 2.92. The van der Waals surface area contributed by atoms with Gasteiger partial charge in [-0.2, -0.15) is 10.1 Å². The van der Waals surface area contributed by atoms with Crippen LogP contribution in [0.5, 0.6) is 0 Å². The standard InChI is InChI=1S/C13H19ClN6/c1-3-5-15-13-16-8-11(14)12(19-13)18-10(2)9-20-7-4-6-17-20/h4,6-8,10H,3,5,9H2,1-2H3,(H2,15,16,18,19). The third-order valence-electron chi connectivity index (χ3n) is 2.68. The quantitative estimate of drug-likeness (QED) is 0.822. The molecule has 0 aliphatic heterocycles. The van der Waals surface area contributed by atoms with E-state index in [4.69, 9.17) is 11.6 Å². The van der Waals surface area contributed by atoms with Crippen LogP contribution in [0.2, 0.25) is 5.02 Å². The first-order valence-corrected chi connectivity index (χ1v) is 7.07. The van der Waals surface area contributed by atoms with Crippen molar-refractivity contribution < 1.29 is 0 Å². The molecule has 2 rings (SSSR count). The van der Waals surface area contributed by atoms with Gasteiger partial charge < -0.3 is 10.6 Å². The summed E-state index contributed by atoms with van der Waals surface area (Å²) in [6.07, 6.45) is 6.31. The van der Waals surface area contributed by atoms with Gasteiger partial charge in [0, 0.05) is 25.0 Å². The third-order valence-corrected chi connectivity index (χ3v) is 2.96. The summed E-state index contributed by atoms with van der Waals surface area (Å²) < 4.78 is 1.86. The molecule has 0 saturated heterocycles. The maximum Gasteiger partial charge on any atom is 0.224 e. The fourth-order valence-electron chi connectivity index (χ4n) is 1.76. The molecule has 7 heteroatoms. The van der Waals surface area contributed by atoms with Gasteiger partial charge in [-0.1, -0.05) is 18.5 Å². The van der Waals surface area contributed by atoms with Crippen molar-refractivity contribution in [2.75, 3.05) is 17.2 Å². The number of hydrogen-bond acceptors (Lipinski definition) is 5. The fourth-order valence-corrected chi connectivity index (χ4v) is 1.90. The summed E-state index contributed by atoms with van der Waals surface area (Å²) in [6, 6.07) is 2.05. The van der Waals surface area contributed by atoms with E-state index in [0.29, 0.717) is 16.8 Å². The van der Waals surface area contributed by atoms with Crippen LogP contribution in [0, 0.1) is 0 Å². The molecular formula is C13H19ClN6. The lowest BCUT2D eigenvalue weighted by atomic mass is 10.3. The topological polar surface area (TPSA) is 67.7 Å². The summed E-state index contributed by atoms with van der Waals surface area (Å²) in [6.45, 7) is 5.72. The third kappa shape index (κ3) is 4.09. The van der Waals surface area contributed by atoms with Gasteiger partial charge in [-0.3, -0.25) is 4.68 Å². The zero-order valence-electron chi connectivity index (χ0n) is 11.7. The first-order chi connectivity index (χ1) is 9.69. The summed E-state index contributed by atoms with van der Waals surface area (Å²) in [5.74, 6) is 1.23. The number of rotatable bonds is 7. The smallest absolute Gasteiger partial charge is 0.224 e. The zero-order valence-corrected chi connectivity index (χ0v) is 12.4. The van der Waals surface area contributed by atoms with E-state index in [-0.39, 0.29) is 6.04 Å². The summed E-state index contributed by atoms with van der Waals surface area (Å²) in [4.78, 5) is 8.53. The van der Waals surface area contributed by atoms with E-state index in [1.54, 1.807) is 12.4 Å². The highest BCUT2D eigenvalue weighted by molar-refractivity contribution is 6.32. The van der Waals surface area contributed by atoms with Gasteiger partial charge in [0.15, 0.2) is 5.82 Å². The summed E-state index contributed by atoms with van der Waals surface area (Å²) >= 11 is 6.12. The maximum absolute atomic E-state index is 6.12. The van der Waals surface area contributed by atoms with Gasteiger partial charge in [-0.15, -0.1) is 0 Å². The van der Waals surface area contributed by atoms with Gasteiger partial charge in [0.1, 0.15) is 5.02 Å². The van der Waals surface area contributed by atoms with Crippen LogP contribution in [0.3, 0.4) is 0 Å². The van der Waals surface area contributed by atoms with Crippen LogP contribution in [-0.2, 0) is 6.54 Å². The second-order valence-corrected chi connectivity index (χ2v) is 5.00. The lowest BCUT2D eigenvalue weighted by Crippen LogP contribution is -2.23. The number of halogens is 1. The molecule has 2 aromatic heterocycles. The van der Waals surface area contributed by atoms with Crippen LogP contribution in [0.15, 0.2) is 24.7 Å². The fraction of sp³-hybridized carbons (Fsp3) is 0.462. The molecule has 20 heavy (non-hydrogen) atoms. The Labute approximate surface area is 123 Å². The van der Waals surface area contributed by atoms with Crippen molar-refractivity contribution in [2.24, 2.45) is 0 Å². The first kappa shape index (κ1) is 14.6. The number of nitrogens with one attached hydrogen (secondary N) is 2. The molecule has 0 amide bonds. The Balaban J connectivity index is 2.00. The van der Waals surface area contributed by atoms with E-state index >= 15 is 0 Å². The maximum atomic E-state index is 6.12. The van der Waals surface area contributed by atoms with Crippen molar-refractivity contribution in [3.8, 4) is 0 Å². The molecule has 0 aliphatic carbocycles. The van der Waals surface area contributed by atoms with Crippen molar-refractivity contribution in [1.82, 2.24) is 19.7 Å². The summed E-state index contributed by atoms with van der Waals surface area (Å²) in [5, 5.41) is 11.1. The first-order valence-electron chi connectivity index (χ1n) is 6.69. The number of aromatic nitrogens is 4. The Hall–Kier alpha value is -1.82. The second kappa shape index (κ2) is 7.09. The number of anilines is 2. The van der Waals surface area contributed by atoms with Crippen LogP contribution in [0.4, 0.5) is 11.8 Å². The van der Waals surface area contributed by atoms with Crippen LogP contribution in [-0.4, -0.2) is 32.3 Å². The highest BCUT2D eigenvalue weighted by atomic mass is 35.5. The molecule has 1 atom stereocenters. The molecular weight excluding hydrogens is 276 g/mol. The molecule has 0 aliphatic rings. The van der Waals surface area contributed by atoms with Crippen molar-refractivity contribution in [1.29, 1.82) is 0 Å².